The Hall–Kier alpha value is 0.501. The van der Waals surface area contributed by atoms with Gasteiger partial charge in [-0.3, -0.25) is 6.08 Å². The molecule has 0 unspecified atom stereocenters. The molecule has 1 aromatic rings. The molecule has 0 amide bonds. The van der Waals surface area contributed by atoms with Crippen LogP contribution in [0, 0.1) is 19.9 Å². The molecule has 120 valence electrons. The SMILES string of the molecule is Cc1ccc(C)c(CC2=[C-]C([Si](C)(C)C)=CC2)c1.[Cl-].[Cl-].[Cl-].[Ti+4]. The third-order valence-electron chi connectivity index (χ3n) is 3.58. The van der Waals surface area contributed by atoms with Crippen LogP contribution in [0.4, 0.5) is 0 Å². The zero-order valence-electron chi connectivity index (χ0n) is 13.9. The molecule has 0 nitrogen and oxygen atoms in total. The fraction of sp³-hybridized carbons (Fsp3) is 0.412. The van der Waals surface area contributed by atoms with Gasteiger partial charge in [0.05, 0.1) is 0 Å². The number of allylic oxidation sites excluding steroid dienone is 4. The zero-order valence-corrected chi connectivity index (χ0v) is 18.7. The van der Waals surface area contributed by atoms with Crippen LogP contribution in [0.25, 0.3) is 0 Å². The van der Waals surface area contributed by atoms with Gasteiger partial charge in [0.15, 0.2) is 0 Å². The molecule has 0 radical (unpaired) electrons. The quantitative estimate of drug-likeness (QED) is 0.351. The van der Waals surface area contributed by atoms with Crippen molar-refractivity contribution in [2.45, 2.75) is 46.3 Å². The Bertz CT molecular complexity index is 531. The van der Waals surface area contributed by atoms with Gasteiger partial charge in [-0.15, -0.1) is 0 Å². The van der Waals surface area contributed by atoms with Gasteiger partial charge >= 0.3 is 21.7 Å². The van der Waals surface area contributed by atoms with Crippen LogP contribution < -0.4 is 37.2 Å². The van der Waals surface area contributed by atoms with Crippen LogP contribution in [-0.4, -0.2) is 8.07 Å². The Morgan fingerprint density at radius 3 is 2.14 bits per heavy atom. The molecule has 0 atom stereocenters. The van der Waals surface area contributed by atoms with E-state index in [0.29, 0.717) is 0 Å². The maximum Gasteiger partial charge on any atom is 4.00 e. The summed E-state index contributed by atoms with van der Waals surface area (Å²) >= 11 is 0. The topological polar surface area (TPSA) is 0 Å². The standard InChI is InChI=1S/C17H23Si.3ClH.Ti/c1-13-6-7-14(2)16(10-13)11-15-8-9-17(12-15)18(3,4)5;;;;/h6-7,9-10H,8,11H2,1-5H3;3*1H;/q-1;;;;+4/p-3. The second-order valence-electron chi connectivity index (χ2n) is 6.41. The maximum atomic E-state index is 3.67. The Balaban J connectivity index is -0.000000902. The Morgan fingerprint density at radius 2 is 1.64 bits per heavy atom. The van der Waals surface area contributed by atoms with Crippen LogP contribution >= 0.6 is 0 Å². The van der Waals surface area contributed by atoms with Crippen molar-refractivity contribution in [3.63, 3.8) is 0 Å². The molecule has 0 heterocycles. The second kappa shape index (κ2) is 11.1. The van der Waals surface area contributed by atoms with E-state index in [4.69, 9.17) is 0 Å². The summed E-state index contributed by atoms with van der Waals surface area (Å²) in [4.78, 5) is 0. The fourth-order valence-electron chi connectivity index (χ4n) is 2.35. The first-order chi connectivity index (χ1) is 8.36. The molecule has 0 fully saturated rings. The molecule has 1 aliphatic carbocycles. The van der Waals surface area contributed by atoms with Gasteiger partial charge in [0.25, 0.3) is 0 Å². The minimum Gasteiger partial charge on any atom is -1.00 e. The van der Waals surface area contributed by atoms with E-state index in [-0.39, 0.29) is 58.9 Å². The van der Waals surface area contributed by atoms with Crippen LogP contribution in [0.2, 0.25) is 19.6 Å². The van der Waals surface area contributed by atoms with Crippen molar-refractivity contribution >= 4 is 8.07 Å². The van der Waals surface area contributed by atoms with Gasteiger partial charge in [0, 0.05) is 8.07 Å². The van der Waals surface area contributed by atoms with Crippen molar-refractivity contribution in [1.29, 1.82) is 0 Å². The van der Waals surface area contributed by atoms with Gasteiger partial charge in [-0.25, -0.2) is 11.3 Å². The van der Waals surface area contributed by atoms with Gasteiger partial charge in [0.2, 0.25) is 0 Å². The van der Waals surface area contributed by atoms with E-state index in [0.717, 1.165) is 12.8 Å². The van der Waals surface area contributed by atoms with E-state index in [1.807, 2.05) is 0 Å². The molecule has 1 aromatic carbocycles. The first-order valence-electron chi connectivity index (χ1n) is 6.75. The van der Waals surface area contributed by atoms with Crippen molar-refractivity contribution in [2.75, 3.05) is 0 Å². The van der Waals surface area contributed by atoms with Crippen LogP contribution in [-0.2, 0) is 28.1 Å². The average Bonchev–Trinajstić information content (AvgIpc) is 2.71. The zero-order chi connectivity index (χ0) is 13.3. The van der Waals surface area contributed by atoms with E-state index < -0.39 is 8.07 Å². The van der Waals surface area contributed by atoms with E-state index in [1.54, 1.807) is 0 Å². The largest absolute Gasteiger partial charge is 4.00 e. The summed E-state index contributed by atoms with van der Waals surface area (Å²) in [7, 11) is -1.18. The van der Waals surface area contributed by atoms with E-state index in [9.17, 15) is 0 Å². The monoisotopic (exact) mass is 408 g/mol. The van der Waals surface area contributed by atoms with Crippen LogP contribution in [0.1, 0.15) is 23.1 Å². The minimum atomic E-state index is -1.18. The van der Waals surface area contributed by atoms with Gasteiger partial charge < -0.3 is 37.2 Å². The minimum absolute atomic E-state index is 0. The molecular weight excluding hydrogens is 386 g/mol. The molecule has 0 N–H and O–H groups in total. The summed E-state index contributed by atoms with van der Waals surface area (Å²) in [6, 6.07) is 6.74. The summed E-state index contributed by atoms with van der Waals surface area (Å²) in [5, 5.41) is 1.50. The molecule has 22 heavy (non-hydrogen) atoms. The van der Waals surface area contributed by atoms with E-state index in [1.165, 1.54) is 27.5 Å². The van der Waals surface area contributed by atoms with Gasteiger partial charge in [0.1, 0.15) is 0 Å². The molecular formula is C17H23Cl3SiTi. The predicted molar refractivity (Wildman–Crippen MR) is 82.4 cm³/mol. The first kappa shape index (κ1) is 27.4. The van der Waals surface area contributed by atoms with Crippen LogP contribution in [0.3, 0.4) is 0 Å². The third kappa shape index (κ3) is 7.38. The molecule has 1 aliphatic rings. The smallest absolute Gasteiger partial charge is 1.00 e. The number of halogens is 3. The van der Waals surface area contributed by atoms with E-state index >= 15 is 0 Å². The molecule has 0 aliphatic heterocycles. The molecule has 2 rings (SSSR count). The average molecular weight is 410 g/mol. The number of benzene rings is 1. The summed E-state index contributed by atoms with van der Waals surface area (Å²) < 4.78 is 0. The van der Waals surface area contributed by atoms with Gasteiger partial charge in [-0.1, -0.05) is 49.8 Å². The summed E-state index contributed by atoms with van der Waals surface area (Å²) in [6.45, 7) is 11.6. The molecule has 0 spiro atoms. The summed E-state index contributed by atoms with van der Waals surface area (Å²) in [5.41, 5.74) is 5.67. The van der Waals surface area contributed by atoms with Crippen LogP contribution in [0.5, 0.6) is 0 Å². The Kier molecular flexibility index (Phi) is 13.8. The molecule has 0 saturated carbocycles. The number of hydrogen-bond donors (Lipinski definition) is 0. The van der Waals surface area contributed by atoms with Crippen molar-refractivity contribution in [3.05, 3.63) is 57.8 Å². The summed E-state index contributed by atoms with van der Waals surface area (Å²) in [6.07, 6.45) is 8.23. The van der Waals surface area contributed by atoms with Crippen molar-refractivity contribution < 1.29 is 58.9 Å². The van der Waals surface area contributed by atoms with Gasteiger partial charge in [-0.05, 0) is 31.4 Å². The number of rotatable bonds is 3. The maximum absolute atomic E-state index is 3.67. The molecule has 0 bridgehead atoms. The number of aryl methyl sites for hydroxylation is 2. The van der Waals surface area contributed by atoms with E-state index in [2.05, 4.69) is 63.8 Å². The van der Waals surface area contributed by atoms with Crippen molar-refractivity contribution in [1.82, 2.24) is 0 Å². The van der Waals surface area contributed by atoms with Gasteiger partial charge in [-0.2, -0.15) is 5.57 Å². The first-order valence-corrected chi connectivity index (χ1v) is 10.2. The fourth-order valence-corrected chi connectivity index (χ4v) is 3.61. The summed E-state index contributed by atoms with van der Waals surface area (Å²) in [5.74, 6) is 0. The molecule has 0 aromatic heterocycles. The molecule has 5 heteroatoms. The predicted octanol–water partition coefficient (Wildman–Crippen LogP) is -4.21. The van der Waals surface area contributed by atoms with Crippen molar-refractivity contribution in [2.24, 2.45) is 0 Å². The van der Waals surface area contributed by atoms with Crippen LogP contribution in [0.15, 0.2) is 35.0 Å². The normalized spacial score (nSPS) is 12.8. The number of hydrogen-bond acceptors (Lipinski definition) is 0. The Morgan fingerprint density at radius 1 is 1.05 bits per heavy atom. The molecule has 0 saturated heterocycles. The Labute approximate surface area is 170 Å². The van der Waals surface area contributed by atoms with Crippen molar-refractivity contribution in [3.8, 4) is 0 Å². The second-order valence-corrected chi connectivity index (χ2v) is 11.4. The third-order valence-corrected chi connectivity index (χ3v) is 5.53.